The maximum atomic E-state index is 13.3. The molecule has 5 N–H and O–H groups in total. The van der Waals surface area contributed by atoms with E-state index in [4.69, 9.17) is 27.6 Å². The van der Waals surface area contributed by atoms with Gasteiger partial charge in [-0.25, -0.2) is 14.3 Å². The number of ether oxygens (including phenoxy) is 2. The first-order valence-corrected chi connectivity index (χ1v) is 12.5. The molecule has 0 spiro atoms. The third kappa shape index (κ3) is 7.15. The predicted octanol–water partition coefficient (Wildman–Crippen LogP) is 3.02. The van der Waals surface area contributed by atoms with Gasteiger partial charge in [0.05, 0.1) is 5.69 Å². The Morgan fingerprint density at radius 2 is 1.86 bits per heavy atom. The van der Waals surface area contributed by atoms with Gasteiger partial charge in [0.15, 0.2) is 5.84 Å². The summed E-state index contributed by atoms with van der Waals surface area (Å²) in [6, 6.07) is 10.6. The summed E-state index contributed by atoms with van der Waals surface area (Å²) >= 11 is 0. The molecular formula is C25H33N5O4S. The van der Waals surface area contributed by atoms with Crippen LogP contribution in [0, 0.1) is 26.2 Å². The Balaban J connectivity index is 2.38. The van der Waals surface area contributed by atoms with Crippen molar-refractivity contribution in [2.24, 2.45) is 16.8 Å². The Labute approximate surface area is 207 Å². The molecule has 0 aromatic heterocycles. The van der Waals surface area contributed by atoms with E-state index in [1.54, 1.807) is 32.9 Å². The van der Waals surface area contributed by atoms with Gasteiger partial charge < -0.3 is 20.7 Å². The van der Waals surface area contributed by atoms with Gasteiger partial charge in [-0.05, 0) is 63.4 Å². The standard InChI is InChI=1S/C25H33N5O4S/c1-7-8-20(6)34-16-35(31,32)30(17(2)3)23-13-18(4)19(5)14-24(23)33-15-21-9-11-22(12-10-21)25(28-26)29-27/h1,8-14,17H,15-16,26-27H2,2-6H3,(H,28,29)/b20-8-. The molecule has 10 heteroatoms. The number of hydrogen-bond acceptors (Lipinski definition) is 7. The van der Waals surface area contributed by atoms with Crippen LogP contribution in [-0.4, -0.2) is 26.2 Å². The summed E-state index contributed by atoms with van der Waals surface area (Å²) in [5.74, 6) is 13.6. The normalized spacial score (nSPS) is 12.3. The molecule has 0 saturated carbocycles. The van der Waals surface area contributed by atoms with Crippen molar-refractivity contribution in [2.45, 2.75) is 47.3 Å². The highest BCUT2D eigenvalue weighted by Gasteiger charge is 2.29. The highest BCUT2D eigenvalue weighted by Crippen LogP contribution is 2.35. The third-order valence-electron chi connectivity index (χ3n) is 5.19. The molecule has 35 heavy (non-hydrogen) atoms. The van der Waals surface area contributed by atoms with E-state index in [1.807, 2.05) is 38.1 Å². The Morgan fingerprint density at radius 3 is 2.40 bits per heavy atom. The van der Waals surface area contributed by atoms with Crippen LogP contribution < -0.4 is 26.2 Å². The summed E-state index contributed by atoms with van der Waals surface area (Å²) in [4.78, 5) is 0. The van der Waals surface area contributed by atoms with Gasteiger partial charge >= 0.3 is 0 Å². The van der Waals surface area contributed by atoms with E-state index < -0.39 is 16.0 Å². The van der Waals surface area contributed by atoms with E-state index in [2.05, 4.69) is 16.4 Å². The summed E-state index contributed by atoms with van der Waals surface area (Å²) in [6.45, 7) is 9.28. The number of anilines is 1. The largest absolute Gasteiger partial charge is 0.487 e. The number of hydrogen-bond donors (Lipinski definition) is 3. The highest BCUT2D eigenvalue weighted by atomic mass is 32.2. The summed E-state index contributed by atoms with van der Waals surface area (Å²) in [6.07, 6.45) is 6.61. The second-order valence-electron chi connectivity index (χ2n) is 8.20. The third-order valence-corrected chi connectivity index (χ3v) is 6.82. The maximum Gasteiger partial charge on any atom is 0.270 e. The Hall–Kier alpha value is -3.68. The summed E-state index contributed by atoms with van der Waals surface area (Å²) < 4.78 is 39.4. The number of hydrazone groups is 1. The van der Waals surface area contributed by atoms with Crippen LogP contribution in [0.1, 0.15) is 43.0 Å². The van der Waals surface area contributed by atoms with Crippen molar-refractivity contribution in [2.75, 3.05) is 10.2 Å². The van der Waals surface area contributed by atoms with Crippen LogP contribution in [0.4, 0.5) is 5.69 Å². The predicted molar refractivity (Wildman–Crippen MR) is 140 cm³/mol. The van der Waals surface area contributed by atoms with Crippen molar-refractivity contribution >= 4 is 21.5 Å². The van der Waals surface area contributed by atoms with Crippen LogP contribution in [0.2, 0.25) is 0 Å². The Morgan fingerprint density at radius 1 is 1.23 bits per heavy atom. The molecule has 0 heterocycles. The molecule has 2 aromatic carbocycles. The molecule has 0 saturated heterocycles. The number of nitrogens with one attached hydrogen (secondary N) is 1. The van der Waals surface area contributed by atoms with Crippen LogP contribution >= 0.6 is 0 Å². The zero-order valence-corrected chi connectivity index (χ0v) is 21.5. The molecule has 0 aliphatic carbocycles. The molecule has 188 valence electrons. The van der Waals surface area contributed by atoms with Gasteiger partial charge in [0.25, 0.3) is 10.0 Å². The van der Waals surface area contributed by atoms with Crippen molar-refractivity contribution in [1.29, 1.82) is 0 Å². The van der Waals surface area contributed by atoms with E-state index >= 15 is 0 Å². The van der Waals surface area contributed by atoms with Crippen molar-refractivity contribution in [3.05, 3.63) is 70.5 Å². The van der Waals surface area contributed by atoms with Crippen LogP contribution in [-0.2, 0) is 21.4 Å². The SMILES string of the molecule is C#C/C=C(/C)OCS(=O)(=O)N(c1cc(C)c(C)cc1OCc1ccc(C(=NN)NN)cc1)C(C)C. The fourth-order valence-corrected chi connectivity index (χ4v) is 4.84. The van der Waals surface area contributed by atoms with Gasteiger partial charge in [-0.3, -0.25) is 4.31 Å². The molecule has 0 aliphatic heterocycles. The van der Waals surface area contributed by atoms with Crippen LogP contribution in [0.25, 0.3) is 0 Å². The minimum Gasteiger partial charge on any atom is -0.487 e. The second kappa shape index (κ2) is 12.1. The summed E-state index contributed by atoms with van der Waals surface area (Å²) in [5, 5.41) is 3.59. The molecule has 0 bridgehead atoms. The van der Waals surface area contributed by atoms with Gasteiger partial charge in [0, 0.05) is 17.7 Å². The second-order valence-corrected chi connectivity index (χ2v) is 9.99. The fourth-order valence-electron chi connectivity index (χ4n) is 3.31. The molecule has 2 rings (SSSR count). The van der Waals surface area contributed by atoms with Gasteiger partial charge in [-0.2, -0.15) is 5.10 Å². The van der Waals surface area contributed by atoms with Gasteiger partial charge in [-0.1, -0.05) is 30.2 Å². The van der Waals surface area contributed by atoms with Gasteiger partial charge in [0.1, 0.15) is 18.1 Å². The minimum absolute atomic E-state index is 0.216. The van der Waals surface area contributed by atoms with Crippen molar-refractivity contribution in [1.82, 2.24) is 5.43 Å². The van der Waals surface area contributed by atoms with Crippen molar-refractivity contribution in [3.63, 3.8) is 0 Å². The van der Waals surface area contributed by atoms with E-state index in [9.17, 15) is 8.42 Å². The number of amidine groups is 1. The van der Waals surface area contributed by atoms with E-state index in [1.165, 1.54) is 10.4 Å². The quantitative estimate of drug-likeness (QED) is 0.114. The molecule has 0 fully saturated rings. The molecule has 0 amide bonds. The Kier molecular flexibility index (Phi) is 9.57. The monoisotopic (exact) mass is 499 g/mol. The number of benzene rings is 2. The number of hydrazine groups is 1. The fraction of sp³-hybridized carbons (Fsp3) is 0.320. The molecule has 0 unspecified atom stereocenters. The molecule has 0 atom stereocenters. The first-order valence-electron chi connectivity index (χ1n) is 10.9. The first kappa shape index (κ1) is 27.6. The number of sulfonamides is 1. The summed E-state index contributed by atoms with van der Waals surface area (Å²) in [5.41, 5.74) is 6.36. The van der Waals surface area contributed by atoms with Crippen LogP contribution in [0.3, 0.4) is 0 Å². The minimum atomic E-state index is -3.87. The van der Waals surface area contributed by atoms with Gasteiger partial charge in [-0.15, -0.1) is 6.42 Å². The van der Waals surface area contributed by atoms with Crippen LogP contribution in [0.5, 0.6) is 5.75 Å². The lowest BCUT2D eigenvalue weighted by Gasteiger charge is -2.30. The Bertz CT molecular complexity index is 1230. The number of terminal acetylenes is 1. The number of nitrogens with zero attached hydrogens (tertiary/aromatic N) is 2. The topological polar surface area (TPSA) is 132 Å². The maximum absolute atomic E-state index is 13.3. The molecule has 0 radical (unpaired) electrons. The van der Waals surface area contributed by atoms with Crippen molar-refractivity contribution in [3.8, 4) is 18.1 Å². The number of nitrogens with two attached hydrogens (primary N) is 2. The number of aryl methyl sites for hydroxylation is 2. The smallest absolute Gasteiger partial charge is 0.270 e. The average molecular weight is 500 g/mol. The van der Waals surface area contributed by atoms with Gasteiger partial charge in [0.2, 0.25) is 5.94 Å². The molecule has 2 aromatic rings. The van der Waals surface area contributed by atoms with E-state index in [-0.39, 0.29) is 12.6 Å². The zero-order valence-electron chi connectivity index (χ0n) is 20.7. The lowest BCUT2D eigenvalue weighted by atomic mass is 10.1. The summed E-state index contributed by atoms with van der Waals surface area (Å²) in [7, 11) is -3.87. The lowest BCUT2D eigenvalue weighted by Crippen LogP contribution is -2.39. The molecule has 0 aliphatic rings. The van der Waals surface area contributed by atoms with Crippen LogP contribution in [0.15, 0.2) is 53.3 Å². The van der Waals surface area contributed by atoms with Crippen molar-refractivity contribution < 1.29 is 17.9 Å². The first-order chi connectivity index (χ1) is 16.5. The number of allylic oxidation sites excluding steroid dienone is 2. The van der Waals surface area contributed by atoms with E-state index in [0.29, 0.717) is 23.0 Å². The highest BCUT2D eigenvalue weighted by molar-refractivity contribution is 7.92. The number of rotatable bonds is 10. The van der Waals surface area contributed by atoms with E-state index in [0.717, 1.165) is 22.3 Å². The average Bonchev–Trinajstić information content (AvgIpc) is 2.80. The zero-order chi connectivity index (χ0) is 26.2. The lowest BCUT2D eigenvalue weighted by molar-refractivity contribution is 0.265. The molecule has 9 nitrogen and oxygen atoms in total. The molecular weight excluding hydrogens is 466 g/mol.